The van der Waals surface area contributed by atoms with Gasteiger partial charge in [-0.3, -0.25) is 15.1 Å². The van der Waals surface area contributed by atoms with Crippen LogP contribution in [0.5, 0.6) is 0 Å². The smallest absolute Gasteiger partial charge is 0.300 e. The summed E-state index contributed by atoms with van der Waals surface area (Å²) in [5.41, 5.74) is 3.10. The summed E-state index contributed by atoms with van der Waals surface area (Å²) in [5, 5.41) is 9.04. The number of nitrogens with two attached hydrogens (primary N) is 1. The zero-order valence-corrected chi connectivity index (χ0v) is 11.9. The summed E-state index contributed by atoms with van der Waals surface area (Å²) >= 11 is 0. The molecule has 0 saturated carbocycles. The standard InChI is InChI=1S/C14H23N3O3/c1-10-12(7-13(20-10)14(19)16-15)9-17-5-2-3-11(8-17)4-6-18/h7,11,18H,2-6,8-9,15H2,1H3,(H,16,19). The van der Waals surface area contributed by atoms with Gasteiger partial charge in [0, 0.05) is 25.3 Å². The van der Waals surface area contributed by atoms with Crippen LogP contribution < -0.4 is 11.3 Å². The van der Waals surface area contributed by atoms with Gasteiger partial charge < -0.3 is 9.52 Å². The lowest BCUT2D eigenvalue weighted by Crippen LogP contribution is -2.35. The highest BCUT2D eigenvalue weighted by molar-refractivity contribution is 5.91. The summed E-state index contributed by atoms with van der Waals surface area (Å²) in [6.07, 6.45) is 3.20. The van der Waals surface area contributed by atoms with Crippen molar-refractivity contribution in [3.8, 4) is 0 Å². The van der Waals surface area contributed by atoms with Crippen molar-refractivity contribution >= 4 is 5.91 Å². The van der Waals surface area contributed by atoms with E-state index >= 15 is 0 Å². The van der Waals surface area contributed by atoms with Gasteiger partial charge in [0.05, 0.1) is 0 Å². The van der Waals surface area contributed by atoms with Crippen molar-refractivity contribution in [2.75, 3.05) is 19.7 Å². The molecular formula is C14H23N3O3. The maximum atomic E-state index is 11.4. The minimum absolute atomic E-state index is 0.254. The van der Waals surface area contributed by atoms with E-state index in [9.17, 15) is 4.79 Å². The first-order valence-corrected chi connectivity index (χ1v) is 7.07. The third-order valence-electron chi connectivity index (χ3n) is 3.91. The second-order valence-electron chi connectivity index (χ2n) is 5.42. The molecule has 1 aliphatic heterocycles. The first kappa shape index (κ1) is 15.0. The molecule has 0 bridgehead atoms. The lowest BCUT2D eigenvalue weighted by Gasteiger charge is -2.32. The van der Waals surface area contributed by atoms with Crippen molar-refractivity contribution < 1.29 is 14.3 Å². The van der Waals surface area contributed by atoms with Crippen molar-refractivity contribution in [2.24, 2.45) is 11.8 Å². The summed E-state index contributed by atoms with van der Waals surface area (Å²) in [6.45, 7) is 4.92. The summed E-state index contributed by atoms with van der Waals surface area (Å²) < 4.78 is 5.42. The molecule has 4 N–H and O–H groups in total. The molecule has 0 spiro atoms. The highest BCUT2D eigenvalue weighted by Crippen LogP contribution is 2.23. The van der Waals surface area contributed by atoms with E-state index in [4.69, 9.17) is 15.4 Å². The van der Waals surface area contributed by atoms with E-state index in [1.54, 1.807) is 6.07 Å². The van der Waals surface area contributed by atoms with E-state index in [1.165, 1.54) is 6.42 Å². The van der Waals surface area contributed by atoms with Crippen molar-refractivity contribution in [1.82, 2.24) is 10.3 Å². The summed E-state index contributed by atoms with van der Waals surface area (Å²) in [6, 6.07) is 1.76. The van der Waals surface area contributed by atoms with Crippen LogP contribution >= 0.6 is 0 Å². The topological polar surface area (TPSA) is 91.7 Å². The second-order valence-corrected chi connectivity index (χ2v) is 5.42. The van der Waals surface area contributed by atoms with E-state index in [1.807, 2.05) is 6.92 Å². The number of nitrogens with one attached hydrogen (secondary N) is 1. The molecule has 1 atom stereocenters. The number of aliphatic hydroxyl groups is 1. The molecule has 1 unspecified atom stereocenters. The Hall–Kier alpha value is -1.37. The van der Waals surface area contributed by atoms with Crippen LogP contribution in [0.4, 0.5) is 0 Å². The quantitative estimate of drug-likeness (QED) is 0.421. The normalized spacial score (nSPS) is 20.1. The third-order valence-corrected chi connectivity index (χ3v) is 3.91. The summed E-state index contributed by atoms with van der Waals surface area (Å²) in [7, 11) is 0. The molecule has 1 aromatic heterocycles. The summed E-state index contributed by atoms with van der Waals surface area (Å²) in [4.78, 5) is 13.8. The van der Waals surface area contributed by atoms with E-state index in [0.29, 0.717) is 5.92 Å². The molecule has 112 valence electrons. The Morgan fingerprint density at radius 1 is 1.65 bits per heavy atom. The molecule has 1 saturated heterocycles. The van der Waals surface area contributed by atoms with Crippen molar-refractivity contribution in [1.29, 1.82) is 0 Å². The minimum atomic E-state index is -0.406. The van der Waals surface area contributed by atoms with Crippen LogP contribution in [0.15, 0.2) is 10.5 Å². The van der Waals surface area contributed by atoms with Gasteiger partial charge in [-0.2, -0.15) is 0 Å². The number of carbonyl (C=O) groups excluding carboxylic acids is 1. The fourth-order valence-electron chi connectivity index (χ4n) is 2.81. The Labute approximate surface area is 118 Å². The average Bonchev–Trinajstić information content (AvgIpc) is 2.80. The monoisotopic (exact) mass is 281 g/mol. The van der Waals surface area contributed by atoms with Crippen LogP contribution in [-0.2, 0) is 6.54 Å². The molecule has 1 aromatic rings. The molecule has 6 heteroatoms. The number of piperidine rings is 1. The zero-order chi connectivity index (χ0) is 14.5. The number of carbonyl (C=O) groups is 1. The molecule has 6 nitrogen and oxygen atoms in total. The Morgan fingerprint density at radius 2 is 2.45 bits per heavy atom. The first-order chi connectivity index (χ1) is 9.63. The van der Waals surface area contributed by atoms with Crippen LogP contribution in [0, 0.1) is 12.8 Å². The number of nitrogen functional groups attached to an aromatic ring is 1. The molecule has 20 heavy (non-hydrogen) atoms. The van der Waals surface area contributed by atoms with Gasteiger partial charge in [0.2, 0.25) is 0 Å². The number of hydrazine groups is 1. The largest absolute Gasteiger partial charge is 0.456 e. The fraction of sp³-hybridized carbons (Fsp3) is 0.643. The molecular weight excluding hydrogens is 258 g/mol. The van der Waals surface area contributed by atoms with Crippen LogP contribution in [0.25, 0.3) is 0 Å². The maximum Gasteiger partial charge on any atom is 0.300 e. The van der Waals surface area contributed by atoms with Gasteiger partial charge in [-0.15, -0.1) is 0 Å². The van der Waals surface area contributed by atoms with Crippen LogP contribution in [0.1, 0.15) is 41.1 Å². The number of furan rings is 1. The molecule has 0 aliphatic carbocycles. The third kappa shape index (κ3) is 3.59. The molecule has 2 heterocycles. The lowest BCUT2D eigenvalue weighted by atomic mass is 9.95. The van der Waals surface area contributed by atoms with Gasteiger partial charge in [0.25, 0.3) is 0 Å². The van der Waals surface area contributed by atoms with Gasteiger partial charge in [-0.05, 0) is 44.7 Å². The van der Waals surface area contributed by atoms with Crippen LogP contribution in [-0.4, -0.2) is 35.6 Å². The molecule has 1 aliphatic rings. The molecule has 1 fully saturated rings. The van der Waals surface area contributed by atoms with Crippen molar-refractivity contribution in [2.45, 2.75) is 32.7 Å². The Balaban J connectivity index is 1.99. The van der Waals surface area contributed by atoms with Gasteiger partial charge in [0.1, 0.15) is 5.76 Å². The fourth-order valence-corrected chi connectivity index (χ4v) is 2.81. The number of aryl methyl sites for hydroxylation is 1. The second kappa shape index (κ2) is 6.88. The van der Waals surface area contributed by atoms with Gasteiger partial charge in [-0.25, -0.2) is 5.84 Å². The lowest BCUT2D eigenvalue weighted by molar-refractivity contribution is 0.0924. The average molecular weight is 281 g/mol. The van der Waals surface area contributed by atoms with E-state index in [2.05, 4.69) is 10.3 Å². The molecule has 2 rings (SSSR count). The number of aliphatic hydroxyl groups excluding tert-OH is 1. The van der Waals surface area contributed by atoms with Crippen LogP contribution in [0.2, 0.25) is 0 Å². The molecule has 1 amide bonds. The van der Waals surface area contributed by atoms with Gasteiger partial charge in [-0.1, -0.05) is 0 Å². The number of rotatable bonds is 5. The van der Waals surface area contributed by atoms with Gasteiger partial charge >= 0.3 is 5.91 Å². The number of nitrogens with zero attached hydrogens (tertiary/aromatic N) is 1. The maximum absolute atomic E-state index is 11.4. The van der Waals surface area contributed by atoms with Crippen LogP contribution in [0.3, 0.4) is 0 Å². The molecule has 0 aromatic carbocycles. The first-order valence-electron chi connectivity index (χ1n) is 7.07. The predicted molar refractivity (Wildman–Crippen MR) is 74.8 cm³/mol. The van der Waals surface area contributed by atoms with E-state index in [0.717, 1.165) is 43.8 Å². The van der Waals surface area contributed by atoms with E-state index in [-0.39, 0.29) is 12.4 Å². The number of hydrogen-bond acceptors (Lipinski definition) is 5. The zero-order valence-electron chi connectivity index (χ0n) is 11.9. The van der Waals surface area contributed by atoms with Crippen molar-refractivity contribution in [3.63, 3.8) is 0 Å². The SMILES string of the molecule is Cc1oc(C(=O)NN)cc1CN1CCCC(CCO)C1. The highest BCUT2D eigenvalue weighted by atomic mass is 16.4. The van der Waals surface area contributed by atoms with E-state index < -0.39 is 5.91 Å². The number of amides is 1. The number of likely N-dealkylation sites (tertiary alicyclic amines) is 1. The Kier molecular flexibility index (Phi) is 5.17. The van der Waals surface area contributed by atoms with Crippen molar-refractivity contribution in [3.05, 3.63) is 23.2 Å². The molecule has 0 radical (unpaired) electrons. The Morgan fingerprint density at radius 3 is 3.15 bits per heavy atom. The predicted octanol–water partition coefficient (Wildman–Crippen LogP) is 0.786. The Bertz CT molecular complexity index is 457. The van der Waals surface area contributed by atoms with Gasteiger partial charge in [0.15, 0.2) is 5.76 Å². The highest BCUT2D eigenvalue weighted by Gasteiger charge is 2.21. The summed E-state index contributed by atoms with van der Waals surface area (Å²) in [5.74, 6) is 6.27. The minimum Gasteiger partial charge on any atom is -0.456 e. The number of hydrogen-bond donors (Lipinski definition) is 3.